The van der Waals surface area contributed by atoms with Gasteiger partial charge in [0.1, 0.15) is 11.4 Å². The zero-order valence-corrected chi connectivity index (χ0v) is 14.2. The summed E-state index contributed by atoms with van der Waals surface area (Å²) in [5.74, 6) is -0.834. The van der Waals surface area contributed by atoms with Crippen molar-refractivity contribution in [1.82, 2.24) is 4.98 Å². The van der Waals surface area contributed by atoms with Crippen molar-refractivity contribution in [3.05, 3.63) is 101 Å². The van der Waals surface area contributed by atoms with Gasteiger partial charge < -0.3 is 10.3 Å². The van der Waals surface area contributed by atoms with Crippen LogP contribution in [0.3, 0.4) is 0 Å². The summed E-state index contributed by atoms with van der Waals surface area (Å²) in [4.78, 5) is 28.3. The van der Waals surface area contributed by atoms with E-state index in [1.54, 1.807) is 42.5 Å². The van der Waals surface area contributed by atoms with Crippen LogP contribution in [0.1, 0.15) is 10.4 Å². The summed E-state index contributed by atoms with van der Waals surface area (Å²) >= 11 is 0. The molecule has 5 heteroatoms. The number of H-pyrrole nitrogens is 1. The van der Waals surface area contributed by atoms with Crippen molar-refractivity contribution in [2.75, 3.05) is 5.32 Å². The van der Waals surface area contributed by atoms with Crippen LogP contribution < -0.4 is 10.7 Å². The van der Waals surface area contributed by atoms with Crippen LogP contribution in [0.2, 0.25) is 0 Å². The van der Waals surface area contributed by atoms with Crippen molar-refractivity contribution >= 4 is 22.5 Å². The molecule has 0 aliphatic carbocycles. The molecule has 0 unspecified atom stereocenters. The molecule has 0 fully saturated rings. The predicted octanol–water partition coefficient (Wildman–Crippen LogP) is 4.59. The average Bonchev–Trinajstić information content (AvgIpc) is 2.69. The number of benzene rings is 3. The predicted molar refractivity (Wildman–Crippen MR) is 104 cm³/mol. The van der Waals surface area contributed by atoms with E-state index >= 15 is 0 Å². The van der Waals surface area contributed by atoms with E-state index in [9.17, 15) is 14.0 Å². The Balaban J connectivity index is 1.71. The van der Waals surface area contributed by atoms with Gasteiger partial charge in [0.15, 0.2) is 0 Å². The molecule has 0 saturated carbocycles. The summed E-state index contributed by atoms with van der Waals surface area (Å²) in [5, 5.41) is 3.25. The smallest absolute Gasteiger partial charge is 0.261 e. The number of anilines is 1. The van der Waals surface area contributed by atoms with E-state index in [1.165, 1.54) is 18.3 Å². The van der Waals surface area contributed by atoms with E-state index in [-0.39, 0.29) is 16.8 Å². The minimum Gasteiger partial charge on any atom is -0.360 e. The Bertz CT molecular complexity index is 1200. The van der Waals surface area contributed by atoms with Crippen LogP contribution in [0.15, 0.2) is 83.8 Å². The lowest BCUT2D eigenvalue weighted by Gasteiger charge is -2.11. The number of pyridine rings is 1. The van der Waals surface area contributed by atoms with Gasteiger partial charge in [0.05, 0.1) is 0 Å². The van der Waals surface area contributed by atoms with Crippen LogP contribution in [-0.4, -0.2) is 10.9 Å². The van der Waals surface area contributed by atoms with Crippen molar-refractivity contribution in [3.63, 3.8) is 0 Å². The molecule has 4 rings (SSSR count). The first-order valence-corrected chi connectivity index (χ1v) is 8.40. The third-order valence-corrected chi connectivity index (χ3v) is 4.36. The van der Waals surface area contributed by atoms with Crippen LogP contribution in [0, 0.1) is 5.82 Å². The number of fused-ring (bicyclic) bond motifs is 1. The fourth-order valence-corrected chi connectivity index (χ4v) is 3.00. The minimum atomic E-state index is -0.503. The molecule has 0 atom stereocenters. The highest BCUT2D eigenvalue weighted by atomic mass is 19.1. The molecule has 27 heavy (non-hydrogen) atoms. The Kier molecular flexibility index (Phi) is 4.26. The average molecular weight is 358 g/mol. The molecule has 1 heterocycles. The molecule has 0 bridgehead atoms. The summed E-state index contributed by atoms with van der Waals surface area (Å²) in [6, 6.07) is 20.2. The molecule has 0 aliphatic rings. The molecular weight excluding hydrogens is 343 g/mol. The molecular formula is C22H15FN2O2. The van der Waals surface area contributed by atoms with E-state index < -0.39 is 5.91 Å². The molecule has 0 spiro atoms. The SMILES string of the molecule is O=C(Nc1ccccc1-c1ccc(F)cc1)c1c[nH]c2ccccc2c1=O. The monoisotopic (exact) mass is 358 g/mol. The van der Waals surface area contributed by atoms with Gasteiger partial charge in [-0.25, -0.2) is 4.39 Å². The number of amides is 1. The highest BCUT2D eigenvalue weighted by Gasteiger charge is 2.15. The lowest BCUT2D eigenvalue weighted by Crippen LogP contribution is -2.22. The Labute approximate surface area is 154 Å². The van der Waals surface area contributed by atoms with Gasteiger partial charge in [-0.1, -0.05) is 42.5 Å². The van der Waals surface area contributed by atoms with Crippen molar-refractivity contribution < 1.29 is 9.18 Å². The lowest BCUT2D eigenvalue weighted by atomic mass is 10.0. The first-order chi connectivity index (χ1) is 13.1. The molecule has 0 aliphatic heterocycles. The molecule has 1 amide bonds. The first-order valence-electron chi connectivity index (χ1n) is 8.40. The third kappa shape index (κ3) is 3.22. The van der Waals surface area contributed by atoms with Gasteiger partial charge in [-0.05, 0) is 35.9 Å². The van der Waals surface area contributed by atoms with Crippen molar-refractivity contribution in [2.24, 2.45) is 0 Å². The van der Waals surface area contributed by atoms with E-state index in [4.69, 9.17) is 0 Å². The Morgan fingerprint density at radius 2 is 1.59 bits per heavy atom. The topological polar surface area (TPSA) is 62.0 Å². The van der Waals surface area contributed by atoms with E-state index in [1.807, 2.05) is 18.2 Å². The van der Waals surface area contributed by atoms with Gasteiger partial charge in [0.25, 0.3) is 5.91 Å². The largest absolute Gasteiger partial charge is 0.360 e. The molecule has 132 valence electrons. The van der Waals surface area contributed by atoms with Gasteiger partial charge in [-0.2, -0.15) is 0 Å². The summed E-state index contributed by atoms with van der Waals surface area (Å²) in [6.45, 7) is 0. The van der Waals surface area contributed by atoms with Gasteiger partial charge >= 0.3 is 0 Å². The van der Waals surface area contributed by atoms with E-state index in [2.05, 4.69) is 10.3 Å². The fourth-order valence-electron chi connectivity index (χ4n) is 3.00. The summed E-state index contributed by atoms with van der Waals surface area (Å²) < 4.78 is 13.2. The lowest BCUT2D eigenvalue weighted by molar-refractivity contribution is 0.102. The highest BCUT2D eigenvalue weighted by molar-refractivity contribution is 6.07. The van der Waals surface area contributed by atoms with Gasteiger partial charge in [-0.15, -0.1) is 0 Å². The molecule has 4 nitrogen and oxygen atoms in total. The standard InChI is InChI=1S/C22H15FN2O2/c23-15-11-9-14(10-12-15)16-5-1-4-8-20(16)25-22(27)18-13-24-19-7-3-2-6-17(19)21(18)26/h1-13H,(H,24,26)(H,25,27). The Morgan fingerprint density at radius 3 is 2.41 bits per heavy atom. The zero-order chi connectivity index (χ0) is 18.8. The number of rotatable bonds is 3. The summed E-state index contributed by atoms with van der Waals surface area (Å²) in [7, 11) is 0. The van der Waals surface area contributed by atoms with Gasteiger partial charge in [-0.3, -0.25) is 9.59 Å². The van der Waals surface area contributed by atoms with Crippen LogP contribution in [0.25, 0.3) is 22.0 Å². The van der Waals surface area contributed by atoms with Crippen LogP contribution in [0.5, 0.6) is 0 Å². The van der Waals surface area contributed by atoms with E-state index in [0.29, 0.717) is 16.6 Å². The maximum absolute atomic E-state index is 13.2. The van der Waals surface area contributed by atoms with Gasteiger partial charge in [0, 0.05) is 28.4 Å². The number of halogens is 1. The van der Waals surface area contributed by atoms with Crippen LogP contribution >= 0.6 is 0 Å². The van der Waals surface area contributed by atoms with Crippen molar-refractivity contribution in [1.29, 1.82) is 0 Å². The number of aromatic nitrogens is 1. The van der Waals surface area contributed by atoms with Crippen molar-refractivity contribution in [2.45, 2.75) is 0 Å². The number of nitrogens with one attached hydrogen (secondary N) is 2. The number of hydrogen-bond acceptors (Lipinski definition) is 2. The number of aromatic amines is 1. The van der Waals surface area contributed by atoms with Crippen molar-refractivity contribution in [3.8, 4) is 11.1 Å². The number of para-hydroxylation sites is 2. The molecule has 3 aromatic carbocycles. The molecule has 0 saturated heterocycles. The van der Waals surface area contributed by atoms with Crippen LogP contribution in [0.4, 0.5) is 10.1 Å². The summed E-state index contributed by atoms with van der Waals surface area (Å²) in [6.07, 6.45) is 1.42. The zero-order valence-electron chi connectivity index (χ0n) is 14.2. The first kappa shape index (κ1) is 16.7. The highest BCUT2D eigenvalue weighted by Crippen LogP contribution is 2.28. The maximum Gasteiger partial charge on any atom is 0.261 e. The number of hydrogen-bond donors (Lipinski definition) is 2. The molecule has 1 aromatic heterocycles. The fraction of sp³-hybridized carbons (Fsp3) is 0. The molecule has 2 N–H and O–H groups in total. The normalized spacial score (nSPS) is 10.7. The number of carbonyl (C=O) groups excluding carboxylic acids is 1. The molecule has 4 aromatic rings. The third-order valence-electron chi connectivity index (χ3n) is 4.36. The second kappa shape index (κ2) is 6.88. The summed E-state index contributed by atoms with van der Waals surface area (Å²) in [5.41, 5.74) is 2.42. The van der Waals surface area contributed by atoms with Crippen LogP contribution in [-0.2, 0) is 0 Å². The minimum absolute atomic E-state index is 0.0302. The van der Waals surface area contributed by atoms with Gasteiger partial charge in [0.2, 0.25) is 5.43 Å². The second-order valence-electron chi connectivity index (χ2n) is 6.08. The molecule has 0 radical (unpaired) electrons. The maximum atomic E-state index is 13.2. The quantitative estimate of drug-likeness (QED) is 0.563. The Hall–Kier alpha value is -3.73. The second-order valence-corrected chi connectivity index (χ2v) is 6.08. The van der Waals surface area contributed by atoms with E-state index in [0.717, 1.165) is 11.1 Å². The number of carbonyl (C=O) groups is 1. The Morgan fingerprint density at radius 1 is 0.889 bits per heavy atom.